The van der Waals surface area contributed by atoms with Crippen LogP contribution in [0.2, 0.25) is 0 Å². The van der Waals surface area contributed by atoms with Crippen LogP contribution in [0.25, 0.3) is 0 Å². The summed E-state index contributed by atoms with van der Waals surface area (Å²) in [6.07, 6.45) is 3.93. The summed E-state index contributed by atoms with van der Waals surface area (Å²) in [7, 11) is -0.326. The molecule has 0 saturated heterocycles. The molecule has 0 aromatic rings. The van der Waals surface area contributed by atoms with E-state index in [0.717, 1.165) is 25.7 Å². The summed E-state index contributed by atoms with van der Waals surface area (Å²) in [5.41, 5.74) is 5.90. The Morgan fingerprint density at radius 1 is 1.36 bits per heavy atom. The fourth-order valence-electron chi connectivity index (χ4n) is 1.91. The normalized spacial score (nSPS) is 29.4. The van der Waals surface area contributed by atoms with E-state index in [0.29, 0.717) is 0 Å². The fraction of sp³-hybridized carbons (Fsp3) is 1.00. The topological polar surface area (TPSA) is 75.4 Å². The van der Waals surface area contributed by atoms with Crippen LogP contribution < -0.4 is 10.5 Å². The Bertz CT molecular complexity index is 278. The molecule has 0 bridgehead atoms. The van der Waals surface area contributed by atoms with Crippen molar-refractivity contribution in [3.63, 3.8) is 0 Å². The van der Waals surface area contributed by atoms with Crippen molar-refractivity contribution in [1.29, 1.82) is 0 Å². The molecule has 14 heavy (non-hydrogen) atoms. The minimum atomic E-state index is -3.33. The van der Waals surface area contributed by atoms with Crippen LogP contribution in [-0.4, -0.2) is 38.9 Å². The maximum absolute atomic E-state index is 11.5. The van der Waals surface area contributed by atoms with Gasteiger partial charge in [0.1, 0.15) is 0 Å². The fourth-order valence-corrected chi connectivity index (χ4v) is 2.82. The Balaban J connectivity index is 2.72. The van der Waals surface area contributed by atoms with Crippen LogP contribution in [0.5, 0.6) is 0 Å². The van der Waals surface area contributed by atoms with Crippen molar-refractivity contribution >= 4 is 10.2 Å². The van der Waals surface area contributed by atoms with Gasteiger partial charge in [0.05, 0.1) is 0 Å². The summed E-state index contributed by atoms with van der Waals surface area (Å²) in [6, 6.07) is -0.0851. The molecule has 0 aromatic heterocycles. The van der Waals surface area contributed by atoms with Gasteiger partial charge in [-0.1, -0.05) is 12.8 Å². The minimum Gasteiger partial charge on any atom is -0.326 e. The lowest BCUT2D eigenvalue weighted by atomic mass is 9.91. The van der Waals surface area contributed by atoms with E-state index >= 15 is 0 Å². The van der Waals surface area contributed by atoms with Crippen molar-refractivity contribution in [3.8, 4) is 0 Å². The summed E-state index contributed by atoms with van der Waals surface area (Å²) < 4.78 is 26.7. The summed E-state index contributed by atoms with van der Waals surface area (Å²) in [5, 5.41) is 0. The van der Waals surface area contributed by atoms with Crippen LogP contribution in [0.4, 0.5) is 0 Å². The monoisotopic (exact) mass is 221 g/mol. The molecule has 0 spiro atoms. The Kier molecular flexibility index (Phi) is 3.88. The molecular weight excluding hydrogens is 202 g/mol. The number of nitrogens with zero attached hydrogens (tertiary/aromatic N) is 1. The number of rotatable bonds is 3. The van der Waals surface area contributed by atoms with Gasteiger partial charge < -0.3 is 5.73 Å². The Hall–Kier alpha value is -0.170. The van der Waals surface area contributed by atoms with Gasteiger partial charge in [0.25, 0.3) is 10.2 Å². The number of hydrogen-bond acceptors (Lipinski definition) is 3. The van der Waals surface area contributed by atoms with E-state index in [-0.39, 0.29) is 12.1 Å². The SMILES string of the molecule is CNS(=O)(=O)N(C)C1CCCCC1N. The molecule has 6 heteroatoms. The van der Waals surface area contributed by atoms with Gasteiger partial charge >= 0.3 is 0 Å². The standard InChI is InChI=1S/C8H19N3O2S/c1-10-14(12,13)11(2)8-6-4-3-5-7(8)9/h7-8,10H,3-6,9H2,1-2H3. The molecule has 0 aliphatic heterocycles. The lowest BCUT2D eigenvalue weighted by Crippen LogP contribution is -2.52. The first-order valence-corrected chi connectivity index (χ1v) is 6.35. The van der Waals surface area contributed by atoms with Gasteiger partial charge in [-0.25, -0.2) is 4.72 Å². The zero-order valence-corrected chi connectivity index (χ0v) is 9.55. The van der Waals surface area contributed by atoms with E-state index in [1.807, 2.05) is 0 Å². The summed E-state index contributed by atoms with van der Waals surface area (Å²) in [6.45, 7) is 0. The van der Waals surface area contributed by atoms with Gasteiger partial charge in [0.15, 0.2) is 0 Å². The van der Waals surface area contributed by atoms with Gasteiger partial charge in [0, 0.05) is 26.2 Å². The molecule has 1 fully saturated rings. The van der Waals surface area contributed by atoms with Gasteiger partial charge in [-0.15, -0.1) is 0 Å². The third-order valence-electron chi connectivity index (χ3n) is 2.89. The highest BCUT2D eigenvalue weighted by Gasteiger charge is 2.31. The number of likely N-dealkylation sites (N-methyl/N-ethyl adjacent to an activating group) is 1. The number of nitrogens with two attached hydrogens (primary N) is 1. The zero-order chi connectivity index (χ0) is 10.8. The van der Waals surface area contributed by atoms with Crippen molar-refractivity contribution in [3.05, 3.63) is 0 Å². The number of hydrogen-bond donors (Lipinski definition) is 2. The first-order chi connectivity index (χ1) is 6.49. The molecule has 2 unspecified atom stereocenters. The first kappa shape index (κ1) is 11.9. The second kappa shape index (κ2) is 4.57. The van der Waals surface area contributed by atoms with E-state index < -0.39 is 10.2 Å². The van der Waals surface area contributed by atoms with E-state index in [9.17, 15) is 8.42 Å². The molecule has 1 saturated carbocycles. The molecule has 1 aliphatic rings. The third-order valence-corrected chi connectivity index (χ3v) is 4.43. The summed E-state index contributed by atoms with van der Waals surface area (Å²) in [5.74, 6) is 0. The maximum Gasteiger partial charge on any atom is 0.279 e. The minimum absolute atomic E-state index is 0.0307. The average Bonchev–Trinajstić information content (AvgIpc) is 2.17. The zero-order valence-electron chi connectivity index (χ0n) is 8.73. The van der Waals surface area contributed by atoms with Crippen molar-refractivity contribution in [1.82, 2.24) is 9.03 Å². The maximum atomic E-state index is 11.5. The molecule has 0 amide bonds. The van der Waals surface area contributed by atoms with Crippen molar-refractivity contribution in [2.75, 3.05) is 14.1 Å². The summed E-state index contributed by atoms with van der Waals surface area (Å²) >= 11 is 0. The van der Waals surface area contributed by atoms with Crippen LogP contribution in [0.15, 0.2) is 0 Å². The Morgan fingerprint density at radius 2 is 1.93 bits per heavy atom. The van der Waals surface area contributed by atoms with E-state index in [2.05, 4.69) is 4.72 Å². The van der Waals surface area contributed by atoms with E-state index in [1.54, 1.807) is 7.05 Å². The smallest absolute Gasteiger partial charge is 0.279 e. The van der Waals surface area contributed by atoms with Crippen LogP contribution in [-0.2, 0) is 10.2 Å². The molecule has 84 valence electrons. The highest BCUT2D eigenvalue weighted by atomic mass is 32.2. The molecule has 2 atom stereocenters. The quantitative estimate of drug-likeness (QED) is 0.684. The highest BCUT2D eigenvalue weighted by Crippen LogP contribution is 2.22. The lowest BCUT2D eigenvalue weighted by molar-refractivity contribution is 0.250. The molecule has 0 heterocycles. The van der Waals surface area contributed by atoms with Crippen LogP contribution in [0, 0.1) is 0 Å². The van der Waals surface area contributed by atoms with Crippen LogP contribution in [0.1, 0.15) is 25.7 Å². The molecule has 1 rings (SSSR count). The van der Waals surface area contributed by atoms with E-state index in [1.165, 1.54) is 11.4 Å². The highest BCUT2D eigenvalue weighted by molar-refractivity contribution is 7.87. The first-order valence-electron chi connectivity index (χ1n) is 4.91. The van der Waals surface area contributed by atoms with Gasteiger partial charge in [-0.05, 0) is 12.8 Å². The molecular formula is C8H19N3O2S. The van der Waals surface area contributed by atoms with Crippen LogP contribution >= 0.6 is 0 Å². The van der Waals surface area contributed by atoms with Crippen molar-refractivity contribution < 1.29 is 8.42 Å². The van der Waals surface area contributed by atoms with Crippen molar-refractivity contribution in [2.45, 2.75) is 37.8 Å². The van der Waals surface area contributed by atoms with Crippen LogP contribution in [0.3, 0.4) is 0 Å². The van der Waals surface area contributed by atoms with Crippen molar-refractivity contribution in [2.24, 2.45) is 5.73 Å². The van der Waals surface area contributed by atoms with Gasteiger partial charge in [-0.3, -0.25) is 0 Å². The van der Waals surface area contributed by atoms with Gasteiger partial charge in [-0.2, -0.15) is 12.7 Å². The molecule has 0 radical (unpaired) electrons. The molecule has 5 nitrogen and oxygen atoms in total. The Morgan fingerprint density at radius 3 is 2.43 bits per heavy atom. The predicted molar refractivity (Wildman–Crippen MR) is 56.0 cm³/mol. The Labute approximate surface area is 85.8 Å². The number of nitrogens with one attached hydrogen (secondary N) is 1. The lowest BCUT2D eigenvalue weighted by Gasteiger charge is -2.34. The summed E-state index contributed by atoms with van der Waals surface area (Å²) in [4.78, 5) is 0. The second-order valence-electron chi connectivity index (χ2n) is 3.74. The third kappa shape index (κ3) is 2.44. The molecule has 1 aliphatic carbocycles. The van der Waals surface area contributed by atoms with E-state index in [4.69, 9.17) is 5.73 Å². The largest absolute Gasteiger partial charge is 0.326 e. The molecule has 0 aromatic carbocycles. The predicted octanol–water partition coefficient (Wildman–Crippen LogP) is -0.348. The second-order valence-corrected chi connectivity index (χ2v) is 5.68. The molecule has 3 N–H and O–H groups in total. The average molecular weight is 221 g/mol. The van der Waals surface area contributed by atoms with Gasteiger partial charge in [0.2, 0.25) is 0 Å².